The van der Waals surface area contributed by atoms with Crippen molar-refractivity contribution in [1.82, 2.24) is 9.97 Å². The van der Waals surface area contributed by atoms with E-state index in [-0.39, 0.29) is 0 Å². The minimum absolute atomic E-state index is 0.607. The quantitative estimate of drug-likeness (QED) is 0.711. The lowest BCUT2D eigenvalue weighted by atomic mass is 10.1. The first-order valence-electron chi connectivity index (χ1n) is 5.47. The number of hydrogen-bond acceptors (Lipinski definition) is 2. The normalized spacial score (nSPS) is 10.7. The van der Waals surface area contributed by atoms with E-state index in [0.29, 0.717) is 10.6 Å². The van der Waals surface area contributed by atoms with E-state index >= 15 is 0 Å². The molecule has 0 aliphatic heterocycles. The number of pyridine rings is 1. The van der Waals surface area contributed by atoms with Crippen LogP contribution in [-0.4, -0.2) is 16.3 Å². The van der Waals surface area contributed by atoms with Crippen LogP contribution in [0.1, 0.15) is 10.4 Å². The molecule has 4 heteroatoms. The van der Waals surface area contributed by atoms with E-state index in [4.69, 9.17) is 11.6 Å². The van der Waals surface area contributed by atoms with E-state index in [0.717, 1.165) is 28.4 Å². The predicted molar refractivity (Wildman–Crippen MR) is 71.9 cm³/mol. The zero-order valence-electron chi connectivity index (χ0n) is 9.35. The smallest absolute Gasteiger partial charge is 0.152 e. The summed E-state index contributed by atoms with van der Waals surface area (Å²) < 4.78 is 0. The highest BCUT2D eigenvalue weighted by atomic mass is 35.5. The van der Waals surface area contributed by atoms with Crippen molar-refractivity contribution in [3.05, 3.63) is 53.3 Å². The van der Waals surface area contributed by atoms with Crippen molar-refractivity contribution < 1.29 is 4.79 Å². The summed E-state index contributed by atoms with van der Waals surface area (Å²) in [6, 6.07) is 9.22. The molecule has 0 fully saturated rings. The molecule has 0 amide bonds. The molecule has 1 N–H and O–H groups in total. The summed E-state index contributed by atoms with van der Waals surface area (Å²) >= 11 is 6.13. The van der Waals surface area contributed by atoms with E-state index in [9.17, 15) is 4.79 Å². The molecular weight excluding hydrogens is 248 g/mol. The second-order valence-electron chi connectivity index (χ2n) is 3.93. The molecule has 0 bridgehead atoms. The van der Waals surface area contributed by atoms with E-state index in [1.54, 1.807) is 18.5 Å². The molecule has 0 aliphatic carbocycles. The number of fused-ring (bicyclic) bond motifs is 1. The minimum Gasteiger partial charge on any atom is -0.353 e. The number of aldehydes is 1. The lowest BCUT2D eigenvalue weighted by Crippen LogP contribution is -1.84. The highest BCUT2D eigenvalue weighted by Crippen LogP contribution is 2.32. The monoisotopic (exact) mass is 256 g/mol. The van der Waals surface area contributed by atoms with Crippen molar-refractivity contribution in [3.8, 4) is 11.3 Å². The van der Waals surface area contributed by atoms with Gasteiger partial charge in [-0.3, -0.25) is 9.78 Å². The first-order valence-corrected chi connectivity index (χ1v) is 5.85. The van der Waals surface area contributed by atoms with Crippen molar-refractivity contribution >= 4 is 28.8 Å². The molecule has 2 aromatic heterocycles. The zero-order chi connectivity index (χ0) is 12.5. The molecule has 2 heterocycles. The molecular formula is C14H9ClN2O. The molecule has 3 rings (SSSR count). The molecule has 3 aromatic rings. The van der Waals surface area contributed by atoms with Gasteiger partial charge in [-0.25, -0.2) is 0 Å². The predicted octanol–water partition coefficient (Wildman–Crippen LogP) is 3.70. The molecule has 0 aliphatic rings. The van der Waals surface area contributed by atoms with Crippen LogP contribution in [0.15, 0.2) is 42.7 Å². The first kappa shape index (κ1) is 11.0. The summed E-state index contributed by atoms with van der Waals surface area (Å²) in [5.41, 5.74) is 3.10. The Balaban J connectivity index is 2.37. The number of benzene rings is 1. The van der Waals surface area contributed by atoms with Crippen LogP contribution < -0.4 is 0 Å². The van der Waals surface area contributed by atoms with Crippen molar-refractivity contribution in [2.45, 2.75) is 0 Å². The average Bonchev–Trinajstić information content (AvgIpc) is 2.80. The van der Waals surface area contributed by atoms with Crippen molar-refractivity contribution in [3.63, 3.8) is 0 Å². The summed E-state index contributed by atoms with van der Waals surface area (Å²) in [7, 11) is 0. The standard InChI is InChI=1S/C14H9ClN2O/c15-12-3-1-2-10-11(8-18)13(17-14(10)12)9-4-6-16-7-5-9/h1-8,17H. The van der Waals surface area contributed by atoms with E-state index in [2.05, 4.69) is 9.97 Å². The number of carbonyl (C=O) groups excluding carboxylic acids is 1. The Kier molecular flexibility index (Phi) is 2.61. The van der Waals surface area contributed by atoms with Crippen molar-refractivity contribution in [1.29, 1.82) is 0 Å². The number of carbonyl (C=O) groups is 1. The fourth-order valence-electron chi connectivity index (χ4n) is 2.07. The number of rotatable bonds is 2. The van der Waals surface area contributed by atoms with Gasteiger partial charge in [0.2, 0.25) is 0 Å². The van der Waals surface area contributed by atoms with Gasteiger partial charge in [-0.1, -0.05) is 23.7 Å². The van der Waals surface area contributed by atoms with Crippen LogP contribution in [0.5, 0.6) is 0 Å². The molecule has 88 valence electrons. The number of hydrogen-bond donors (Lipinski definition) is 1. The maximum absolute atomic E-state index is 11.3. The molecule has 3 nitrogen and oxygen atoms in total. The summed E-state index contributed by atoms with van der Waals surface area (Å²) in [5.74, 6) is 0. The van der Waals surface area contributed by atoms with Gasteiger partial charge in [0.1, 0.15) is 0 Å². The van der Waals surface area contributed by atoms with Crippen molar-refractivity contribution in [2.24, 2.45) is 0 Å². The van der Waals surface area contributed by atoms with Crippen LogP contribution in [0.2, 0.25) is 5.02 Å². The summed E-state index contributed by atoms with van der Waals surface area (Å²) in [6.45, 7) is 0. The Morgan fingerprint density at radius 2 is 1.94 bits per heavy atom. The highest BCUT2D eigenvalue weighted by Gasteiger charge is 2.13. The molecule has 0 saturated carbocycles. The number of nitrogens with one attached hydrogen (secondary N) is 1. The Labute approximate surface area is 108 Å². The molecule has 18 heavy (non-hydrogen) atoms. The largest absolute Gasteiger partial charge is 0.353 e. The van der Waals surface area contributed by atoms with Crippen LogP contribution in [0.25, 0.3) is 22.2 Å². The van der Waals surface area contributed by atoms with Crippen LogP contribution in [0.4, 0.5) is 0 Å². The molecule has 0 atom stereocenters. The van der Waals surface area contributed by atoms with E-state index < -0.39 is 0 Å². The highest BCUT2D eigenvalue weighted by molar-refractivity contribution is 6.35. The number of para-hydroxylation sites is 1. The SMILES string of the molecule is O=Cc1c(-c2ccncc2)[nH]c2c(Cl)cccc12. The average molecular weight is 257 g/mol. The fraction of sp³-hybridized carbons (Fsp3) is 0. The maximum Gasteiger partial charge on any atom is 0.152 e. The number of aromatic nitrogens is 2. The van der Waals surface area contributed by atoms with Gasteiger partial charge in [0.05, 0.1) is 16.2 Å². The number of H-pyrrole nitrogens is 1. The topological polar surface area (TPSA) is 45.8 Å². The number of halogens is 1. The third kappa shape index (κ3) is 1.60. The van der Waals surface area contributed by atoms with Gasteiger partial charge < -0.3 is 4.98 Å². The van der Waals surface area contributed by atoms with Gasteiger partial charge >= 0.3 is 0 Å². The van der Waals surface area contributed by atoms with Crippen LogP contribution >= 0.6 is 11.6 Å². The lowest BCUT2D eigenvalue weighted by Gasteiger charge is -1.97. The van der Waals surface area contributed by atoms with Gasteiger partial charge in [-0.05, 0) is 18.2 Å². The Bertz CT molecular complexity index is 719. The van der Waals surface area contributed by atoms with Gasteiger partial charge in [0.15, 0.2) is 6.29 Å². The molecule has 1 aromatic carbocycles. The fourth-order valence-corrected chi connectivity index (χ4v) is 2.29. The lowest BCUT2D eigenvalue weighted by molar-refractivity contribution is 0.112. The van der Waals surface area contributed by atoms with Crippen molar-refractivity contribution in [2.75, 3.05) is 0 Å². The third-order valence-corrected chi connectivity index (χ3v) is 3.22. The van der Waals surface area contributed by atoms with Crippen LogP contribution in [0.3, 0.4) is 0 Å². The summed E-state index contributed by atoms with van der Waals surface area (Å²) in [6.07, 6.45) is 4.24. The molecule has 0 spiro atoms. The van der Waals surface area contributed by atoms with Gasteiger partial charge in [-0.15, -0.1) is 0 Å². The summed E-state index contributed by atoms with van der Waals surface area (Å²) in [5, 5.41) is 1.44. The first-order chi connectivity index (χ1) is 8.81. The van der Waals surface area contributed by atoms with Gasteiger partial charge in [-0.2, -0.15) is 0 Å². The summed E-state index contributed by atoms with van der Waals surface area (Å²) in [4.78, 5) is 18.5. The Morgan fingerprint density at radius 3 is 2.67 bits per heavy atom. The van der Waals surface area contributed by atoms with E-state index in [1.165, 1.54) is 0 Å². The maximum atomic E-state index is 11.3. The second-order valence-corrected chi connectivity index (χ2v) is 4.34. The van der Waals surface area contributed by atoms with Crippen LogP contribution in [-0.2, 0) is 0 Å². The number of aromatic amines is 1. The van der Waals surface area contributed by atoms with Gasteiger partial charge in [0, 0.05) is 28.9 Å². The van der Waals surface area contributed by atoms with Gasteiger partial charge in [0.25, 0.3) is 0 Å². The molecule has 0 unspecified atom stereocenters. The van der Waals surface area contributed by atoms with E-state index in [1.807, 2.05) is 24.3 Å². The Morgan fingerprint density at radius 1 is 1.17 bits per heavy atom. The second kappa shape index (κ2) is 4.27. The Hall–Kier alpha value is -2.13. The zero-order valence-corrected chi connectivity index (χ0v) is 10.1. The molecule has 0 saturated heterocycles. The third-order valence-electron chi connectivity index (χ3n) is 2.91. The molecule has 0 radical (unpaired) electrons. The van der Waals surface area contributed by atoms with Crippen LogP contribution in [0, 0.1) is 0 Å². The minimum atomic E-state index is 0.607. The number of nitrogens with zero attached hydrogens (tertiary/aromatic N) is 1.